The summed E-state index contributed by atoms with van der Waals surface area (Å²) in [6, 6.07) is 0. The number of epoxide rings is 1. The molecule has 1 saturated heterocycles. The second-order valence-electron chi connectivity index (χ2n) is 13.1. The molecule has 4 unspecified atom stereocenters. The first kappa shape index (κ1) is 24.3. The van der Waals surface area contributed by atoms with Crippen LogP contribution < -0.4 is 0 Å². The number of fused-ring (bicyclic) bond motifs is 5. The van der Waals surface area contributed by atoms with Gasteiger partial charge in [-0.25, -0.2) is 4.18 Å². The van der Waals surface area contributed by atoms with E-state index in [2.05, 4.69) is 40.7 Å². The van der Waals surface area contributed by atoms with Crippen LogP contribution in [0.4, 0.5) is 0 Å². The van der Waals surface area contributed by atoms with Crippen LogP contribution in [0, 0.1) is 40.4 Å². The molecule has 5 rings (SSSR count). The summed E-state index contributed by atoms with van der Waals surface area (Å²) >= 11 is 0. The first-order chi connectivity index (χ1) is 15.3. The predicted molar refractivity (Wildman–Crippen MR) is 129 cm³/mol. The van der Waals surface area contributed by atoms with E-state index >= 15 is 0 Å². The molecule has 0 aromatic rings. The summed E-state index contributed by atoms with van der Waals surface area (Å²) in [6.45, 7) is 12.0. The maximum atomic E-state index is 11.2. The van der Waals surface area contributed by atoms with Gasteiger partial charge in [0, 0.05) is 0 Å². The van der Waals surface area contributed by atoms with Gasteiger partial charge in [-0.15, -0.1) is 0 Å². The second kappa shape index (κ2) is 8.04. The van der Waals surface area contributed by atoms with E-state index in [4.69, 9.17) is 13.5 Å². The van der Waals surface area contributed by atoms with Crippen LogP contribution in [-0.4, -0.2) is 30.8 Å². The minimum atomic E-state index is -4.39. The van der Waals surface area contributed by atoms with Crippen molar-refractivity contribution in [3.8, 4) is 0 Å². The number of hydrogen-bond donors (Lipinski definition) is 1. The molecule has 4 aliphatic carbocycles. The van der Waals surface area contributed by atoms with E-state index in [0.717, 1.165) is 36.5 Å². The summed E-state index contributed by atoms with van der Waals surface area (Å²) in [7, 11) is -4.39. The summed E-state index contributed by atoms with van der Waals surface area (Å²) in [5, 5.41) is 0. The Hall–Kier alpha value is -0.430. The summed E-state index contributed by atoms with van der Waals surface area (Å²) in [4.78, 5) is 0. The van der Waals surface area contributed by atoms with E-state index in [1.165, 1.54) is 44.1 Å². The Morgan fingerprint density at radius 2 is 1.85 bits per heavy atom. The highest BCUT2D eigenvalue weighted by Gasteiger charge is 2.59. The van der Waals surface area contributed by atoms with Crippen molar-refractivity contribution in [3.05, 3.63) is 11.6 Å². The van der Waals surface area contributed by atoms with Crippen molar-refractivity contribution in [2.75, 3.05) is 0 Å². The van der Waals surface area contributed by atoms with Gasteiger partial charge in [-0.2, -0.15) is 8.42 Å². The normalized spacial score (nSPS) is 47.2. The lowest BCUT2D eigenvalue weighted by atomic mass is 9.47. The van der Waals surface area contributed by atoms with Gasteiger partial charge in [-0.3, -0.25) is 4.55 Å². The number of rotatable bonds is 6. The van der Waals surface area contributed by atoms with Crippen molar-refractivity contribution in [3.63, 3.8) is 0 Å². The number of allylic oxidation sites excluding steroid dienone is 1. The quantitative estimate of drug-likeness (QED) is 0.272. The van der Waals surface area contributed by atoms with Gasteiger partial charge in [0.05, 0.1) is 17.8 Å². The van der Waals surface area contributed by atoms with E-state index in [1.54, 1.807) is 0 Å². The van der Waals surface area contributed by atoms with E-state index in [9.17, 15) is 8.42 Å². The predicted octanol–water partition coefficient (Wildman–Crippen LogP) is 6.35. The standard InChI is InChI=1S/C27H44O5S/c1-17(6-11-24-25(2,3)31-24)21-9-10-22-20-8-7-18-16-19(32-33(28,29)30)12-14-26(18,4)23(20)13-15-27(21,22)5/h7,17,19-24H,6,8-16H2,1-5H3,(H,28,29,30)/t17-,19+,20+,21?,22?,23?,24?,26+,27-/m1/s1. The molecule has 1 heterocycles. The van der Waals surface area contributed by atoms with Crippen LogP contribution in [0.2, 0.25) is 0 Å². The molecule has 1 aliphatic heterocycles. The fourth-order valence-corrected chi connectivity index (χ4v) is 9.72. The zero-order valence-corrected chi connectivity index (χ0v) is 22.0. The summed E-state index contributed by atoms with van der Waals surface area (Å²) in [6.07, 6.45) is 13.7. The first-order valence-corrected chi connectivity index (χ1v) is 14.7. The minimum absolute atomic E-state index is 0.104. The van der Waals surface area contributed by atoms with Crippen molar-refractivity contribution < 1.29 is 21.9 Å². The first-order valence-electron chi connectivity index (χ1n) is 13.4. The molecule has 0 aromatic heterocycles. The molecule has 3 saturated carbocycles. The molecule has 4 fully saturated rings. The van der Waals surface area contributed by atoms with Gasteiger partial charge in [0.15, 0.2) is 0 Å². The van der Waals surface area contributed by atoms with Crippen molar-refractivity contribution in [1.29, 1.82) is 0 Å². The topological polar surface area (TPSA) is 76.1 Å². The third kappa shape index (κ3) is 4.25. The van der Waals surface area contributed by atoms with Crippen LogP contribution in [0.15, 0.2) is 11.6 Å². The molecule has 188 valence electrons. The van der Waals surface area contributed by atoms with Crippen LogP contribution >= 0.6 is 0 Å². The van der Waals surface area contributed by atoms with Crippen molar-refractivity contribution >= 4 is 10.4 Å². The van der Waals surface area contributed by atoms with E-state index < -0.39 is 16.5 Å². The van der Waals surface area contributed by atoms with E-state index in [-0.39, 0.29) is 11.0 Å². The lowest BCUT2D eigenvalue weighted by Gasteiger charge is -2.58. The van der Waals surface area contributed by atoms with Gasteiger partial charge in [0.2, 0.25) is 0 Å². The monoisotopic (exact) mass is 480 g/mol. The molecular weight excluding hydrogens is 436 g/mol. The molecule has 5 aliphatic rings. The highest BCUT2D eigenvalue weighted by atomic mass is 32.3. The maximum Gasteiger partial charge on any atom is 0.397 e. The smallest absolute Gasteiger partial charge is 0.367 e. The fraction of sp³-hybridized carbons (Fsp3) is 0.926. The third-order valence-corrected chi connectivity index (χ3v) is 11.6. The van der Waals surface area contributed by atoms with Crippen LogP contribution in [-0.2, 0) is 19.3 Å². The minimum Gasteiger partial charge on any atom is -0.367 e. The molecular formula is C27H44O5S. The average Bonchev–Trinajstić information content (AvgIpc) is 3.16. The lowest BCUT2D eigenvalue weighted by Crippen LogP contribution is -2.51. The van der Waals surface area contributed by atoms with Crippen LogP contribution in [0.3, 0.4) is 0 Å². The Morgan fingerprint density at radius 3 is 2.52 bits per heavy atom. The van der Waals surface area contributed by atoms with Crippen LogP contribution in [0.5, 0.6) is 0 Å². The SMILES string of the molecule is C[C@H](CCC1OC1(C)C)C1CCC2[C@@H]3CC=C4C[C@@H](OS(=O)(=O)O)CC[C@]4(C)C3CC[C@@]21C. The van der Waals surface area contributed by atoms with Gasteiger partial charge in [-0.1, -0.05) is 32.4 Å². The van der Waals surface area contributed by atoms with Gasteiger partial charge < -0.3 is 4.74 Å². The molecule has 33 heavy (non-hydrogen) atoms. The molecule has 1 N–H and O–H groups in total. The Balaban J connectivity index is 1.28. The molecule has 0 aromatic carbocycles. The summed E-state index contributed by atoms with van der Waals surface area (Å²) < 4.78 is 42.4. The van der Waals surface area contributed by atoms with E-state index in [0.29, 0.717) is 30.3 Å². The molecule has 9 atom stereocenters. The molecule has 5 nitrogen and oxygen atoms in total. The Kier molecular flexibility index (Phi) is 5.91. The average molecular weight is 481 g/mol. The number of ether oxygens (including phenoxy) is 1. The van der Waals surface area contributed by atoms with Crippen molar-refractivity contribution in [2.24, 2.45) is 40.4 Å². The zero-order valence-electron chi connectivity index (χ0n) is 21.2. The second-order valence-corrected chi connectivity index (χ2v) is 14.2. The molecule has 0 radical (unpaired) electrons. The largest absolute Gasteiger partial charge is 0.397 e. The third-order valence-electron chi connectivity index (χ3n) is 11.1. The van der Waals surface area contributed by atoms with Gasteiger partial charge in [0.1, 0.15) is 0 Å². The Labute approximate surface area is 201 Å². The van der Waals surface area contributed by atoms with Gasteiger partial charge in [0.25, 0.3) is 0 Å². The number of hydrogen-bond acceptors (Lipinski definition) is 4. The molecule has 6 heteroatoms. The Morgan fingerprint density at radius 1 is 1.12 bits per heavy atom. The van der Waals surface area contributed by atoms with Gasteiger partial charge >= 0.3 is 10.4 Å². The lowest BCUT2D eigenvalue weighted by molar-refractivity contribution is -0.0560. The molecule has 0 bridgehead atoms. The highest BCUT2D eigenvalue weighted by Crippen LogP contribution is 2.67. The zero-order chi connectivity index (χ0) is 23.8. The van der Waals surface area contributed by atoms with Crippen LogP contribution in [0.1, 0.15) is 98.8 Å². The van der Waals surface area contributed by atoms with Crippen molar-refractivity contribution in [1.82, 2.24) is 0 Å². The fourth-order valence-electron chi connectivity index (χ4n) is 9.21. The van der Waals surface area contributed by atoms with Crippen molar-refractivity contribution in [2.45, 2.75) is 117 Å². The molecule has 0 spiro atoms. The summed E-state index contributed by atoms with van der Waals surface area (Å²) in [5.74, 6) is 3.83. The maximum absolute atomic E-state index is 11.2. The van der Waals surface area contributed by atoms with Crippen LogP contribution in [0.25, 0.3) is 0 Å². The van der Waals surface area contributed by atoms with E-state index in [1.807, 2.05) is 0 Å². The summed E-state index contributed by atoms with van der Waals surface area (Å²) in [5.41, 5.74) is 2.09. The Bertz CT molecular complexity index is 909. The molecule has 0 amide bonds. The van der Waals surface area contributed by atoms with Gasteiger partial charge in [-0.05, 0) is 118 Å². The highest BCUT2D eigenvalue weighted by molar-refractivity contribution is 7.80.